The van der Waals surface area contributed by atoms with E-state index >= 15 is 0 Å². The summed E-state index contributed by atoms with van der Waals surface area (Å²) in [5.74, 6) is 4.94. The zero-order chi connectivity index (χ0) is 18.9. The summed E-state index contributed by atoms with van der Waals surface area (Å²) >= 11 is 0. The standard InChI is InChI=1S/C18H23N7OS/c1-27(2,26)23-14-9-7-13(8-10-14)20-18-19-12-11-17(21-18)25-16-6-4-3-5-15(16)22-24-25/h3-6,11-14H,1,7-10H2,2H3,(H,23,26)(H,19,20,21)/t13-,14-,27?. The molecule has 2 heterocycles. The number of nitrogens with zero attached hydrogens (tertiary/aromatic N) is 5. The molecular formula is C18H23N7OS. The molecule has 0 spiro atoms. The Hall–Kier alpha value is -2.52. The fourth-order valence-electron chi connectivity index (χ4n) is 3.47. The average molecular weight is 385 g/mol. The van der Waals surface area contributed by atoms with Crippen LogP contribution in [0.1, 0.15) is 25.7 Å². The van der Waals surface area contributed by atoms with Crippen molar-refractivity contribution < 1.29 is 4.21 Å². The van der Waals surface area contributed by atoms with Crippen molar-refractivity contribution >= 4 is 32.6 Å². The quantitative estimate of drug-likeness (QED) is 0.650. The van der Waals surface area contributed by atoms with Crippen molar-refractivity contribution in [3.63, 3.8) is 0 Å². The molecular weight excluding hydrogens is 362 g/mol. The van der Waals surface area contributed by atoms with Crippen LogP contribution in [-0.4, -0.2) is 53.4 Å². The molecule has 0 radical (unpaired) electrons. The van der Waals surface area contributed by atoms with E-state index in [0.717, 1.165) is 36.7 Å². The molecule has 1 atom stereocenters. The molecule has 2 N–H and O–H groups in total. The summed E-state index contributed by atoms with van der Waals surface area (Å²) in [6, 6.07) is 10.1. The van der Waals surface area contributed by atoms with Gasteiger partial charge in [-0.25, -0.2) is 9.71 Å². The smallest absolute Gasteiger partial charge is 0.224 e. The average Bonchev–Trinajstić information content (AvgIpc) is 3.07. The Labute approximate surface area is 158 Å². The van der Waals surface area contributed by atoms with Gasteiger partial charge in [0.25, 0.3) is 0 Å². The first-order chi connectivity index (χ1) is 13.0. The highest BCUT2D eigenvalue weighted by Crippen LogP contribution is 2.22. The van der Waals surface area contributed by atoms with E-state index < -0.39 is 9.71 Å². The van der Waals surface area contributed by atoms with Gasteiger partial charge in [-0.1, -0.05) is 17.3 Å². The van der Waals surface area contributed by atoms with Crippen LogP contribution in [0.3, 0.4) is 0 Å². The van der Waals surface area contributed by atoms with Crippen LogP contribution in [0.2, 0.25) is 0 Å². The number of para-hydroxylation sites is 1. The summed E-state index contributed by atoms with van der Waals surface area (Å²) in [6.07, 6.45) is 7.20. The molecule has 1 aliphatic rings. The normalized spacial score (nSPS) is 22.4. The van der Waals surface area contributed by atoms with Crippen LogP contribution >= 0.6 is 0 Å². The van der Waals surface area contributed by atoms with Crippen LogP contribution in [0.5, 0.6) is 0 Å². The van der Waals surface area contributed by atoms with Gasteiger partial charge in [0.2, 0.25) is 5.95 Å². The Morgan fingerprint density at radius 3 is 2.67 bits per heavy atom. The van der Waals surface area contributed by atoms with E-state index in [2.05, 4.69) is 36.2 Å². The molecule has 1 unspecified atom stereocenters. The zero-order valence-electron chi connectivity index (χ0n) is 15.2. The Bertz CT molecular complexity index is 1040. The minimum Gasteiger partial charge on any atom is -0.351 e. The lowest BCUT2D eigenvalue weighted by molar-refractivity contribution is 0.391. The van der Waals surface area contributed by atoms with E-state index in [-0.39, 0.29) is 6.04 Å². The van der Waals surface area contributed by atoms with Crippen LogP contribution < -0.4 is 10.0 Å². The second kappa shape index (κ2) is 7.24. The number of rotatable bonds is 5. The second-order valence-electron chi connectivity index (χ2n) is 7.04. The van der Waals surface area contributed by atoms with Crippen LogP contribution in [0.25, 0.3) is 16.9 Å². The maximum atomic E-state index is 11.8. The van der Waals surface area contributed by atoms with Crippen molar-refractivity contribution in [2.75, 3.05) is 11.6 Å². The number of anilines is 1. The van der Waals surface area contributed by atoms with Crippen molar-refractivity contribution in [3.8, 4) is 5.82 Å². The molecule has 3 aromatic rings. The van der Waals surface area contributed by atoms with Gasteiger partial charge in [0.15, 0.2) is 5.82 Å². The maximum Gasteiger partial charge on any atom is 0.224 e. The van der Waals surface area contributed by atoms with Gasteiger partial charge in [0, 0.05) is 40.3 Å². The fourth-order valence-corrected chi connectivity index (χ4v) is 4.41. The van der Waals surface area contributed by atoms with E-state index in [1.165, 1.54) is 0 Å². The highest BCUT2D eigenvalue weighted by molar-refractivity contribution is 7.97. The minimum atomic E-state index is -2.16. The number of hydrogen-bond acceptors (Lipinski definition) is 6. The molecule has 0 amide bonds. The number of fused-ring (bicyclic) bond motifs is 1. The third-order valence-corrected chi connectivity index (χ3v) is 5.52. The summed E-state index contributed by atoms with van der Waals surface area (Å²) in [5, 5.41) is 11.8. The van der Waals surface area contributed by atoms with Gasteiger partial charge in [-0.05, 0) is 43.7 Å². The summed E-state index contributed by atoms with van der Waals surface area (Å²) in [4.78, 5) is 8.95. The Morgan fingerprint density at radius 2 is 1.89 bits per heavy atom. The SMILES string of the molecule is C=S(C)(=O)N[C@H]1CC[C@H](Nc2nccc(-n3nnc4ccccc43)n2)CC1. The first kappa shape index (κ1) is 17.9. The maximum absolute atomic E-state index is 11.8. The van der Waals surface area contributed by atoms with E-state index in [1.54, 1.807) is 17.1 Å². The first-order valence-electron chi connectivity index (χ1n) is 8.98. The van der Waals surface area contributed by atoms with Crippen molar-refractivity contribution in [2.45, 2.75) is 37.8 Å². The second-order valence-corrected chi connectivity index (χ2v) is 9.29. The molecule has 2 aromatic heterocycles. The lowest BCUT2D eigenvalue weighted by atomic mass is 9.92. The third-order valence-electron chi connectivity index (χ3n) is 4.69. The van der Waals surface area contributed by atoms with Crippen molar-refractivity contribution in [2.24, 2.45) is 0 Å². The Balaban J connectivity index is 1.45. The van der Waals surface area contributed by atoms with Gasteiger partial charge in [0.1, 0.15) is 5.52 Å². The monoisotopic (exact) mass is 385 g/mol. The summed E-state index contributed by atoms with van der Waals surface area (Å²) in [5.41, 5.74) is 1.74. The molecule has 0 aliphatic heterocycles. The third kappa shape index (κ3) is 4.25. The molecule has 1 aromatic carbocycles. The van der Waals surface area contributed by atoms with Crippen LogP contribution in [0.15, 0.2) is 36.5 Å². The Morgan fingerprint density at radius 1 is 1.15 bits per heavy atom. The minimum absolute atomic E-state index is 0.256. The molecule has 1 saturated carbocycles. The number of aromatic nitrogens is 5. The largest absolute Gasteiger partial charge is 0.351 e. The highest BCUT2D eigenvalue weighted by atomic mass is 32.2. The number of nitrogens with one attached hydrogen (secondary N) is 2. The molecule has 1 fully saturated rings. The van der Waals surface area contributed by atoms with Gasteiger partial charge in [-0.2, -0.15) is 9.67 Å². The van der Waals surface area contributed by atoms with Crippen LogP contribution in [0.4, 0.5) is 5.95 Å². The fraction of sp³-hybridized carbons (Fsp3) is 0.389. The molecule has 9 heteroatoms. The first-order valence-corrected chi connectivity index (χ1v) is 11.1. The van der Waals surface area contributed by atoms with Crippen molar-refractivity contribution in [1.82, 2.24) is 29.7 Å². The molecule has 142 valence electrons. The molecule has 4 rings (SSSR count). The Kier molecular flexibility index (Phi) is 4.79. The molecule has 8 nitrogen and oxygen atoms in total. The predicted molar refractivity (Wildman–Crippen MR) is 108 cm³/mol. The zero-order valence-corrected chi connectivity index (χ0v) is 16.0. The lowest BCUT2D eigenvalue weighted by Crippen LogP contribution is -2.39. The van der Waals surface area contributed by atoms with Gasteiger partial charge in [-0.15, -0.1) is 5.10 Å². The summed E-state index contributed by atoms with van der Waals surface area (Å²) < 4.78 is 16.6. The van der Waals surface area contributed by atoms with E-state index in [9.17, 15) is 4.21 Å². The van der Waals surface area contributed by atoms with Gasteiger partial charge >= 0.3 is 0 Å². The summed E-state index contributed by atoms with van der Waals surface area (Å²) in [7, 11) is -2.16. The van der Waals surface area contributed by atoms with E-state index in [0.29, 0.717) is 17.8 Å². The van der Waals surface area contributed by atoms with E-state index in [4.69, 9.17) is 0 Å². The number of hydrogen-bond donors (Lipinski definition) is 2. The summed E-state index contributed by atoms with van der Waals surface area (Å²) in [6.45, 7) is 0. The van der Waals surface area contributed by atoms with Crippen LogP contribution in [0, 0.1) is 0 Å². The van der Waals surface area contributed by atoms with Crippen LogP contribution in [-0.2, 0) is 9.71 Å². The van der Waals surface area contributed by atoms with Gasteiger partial charge in [0.05, 0.1) is 5.52 Å². The lowest BCUT2D eigenvalue weighted by Gasteiger charge is -2.30. The van der Waals surface area contributed by atoms with E-state index in [1.807, 2.05) is 30.3 Å². The van der Waals surface area contributed by atoms with Crippen molar-refractivity contribution in [3.05, 3.63) is 36.5 Å². The predicted octanol–water partition coefficient (Wildman–Crippen LogP) is 1.78. The van der Waals surface area contributed by atoms with Gasteiger partial charge in [-0.3, -0.25) is 4.21 Å². The van der Waals surface area contributed by atoms with Crippen molar-refractivity contribution in [1.29, 1.82) is 0 Å². The highest BCUT2D eigenvalue weighted by Gasteiger charge is 2.22. The topological polar surface area (TPSA) is 97.6 Å². The molecule has 0 bridgehead atoms. The molecule has 0 saturated heterocycles. The van der Waals surface area contributed by atoms with Gasteiger partial charge < -0.3 is 5.32 Å². The molecule has 27 heavy (non-hydrogen) atoms. The number of benzene rings is 1. The molecule has 1 aliphatic carbocycles.